The molecule has 1 aliphatic rings. The first-order valence-corrected chi connectivity index (χ1v) is 9.91. The Hall–Kier alpha value is -1.93. The molecule has 1 saturated heterocycles. The summed E-state index contributed by atoms with van der Waals surface area (Å²) in [5, 5.41) is 0. The number of imide groups is 1. The highest BCUT2D eigenvalue weighted by Crippen LogP contribution is 2.24. The molecular formula is C18H25NO6S. The molecule has 1 aliphatic heterocycles. The Bertz CT molecular complexity index is 764. The monoisotopic (exact) mass is 383 g/mol. The molecule has 0 saturated carbocycles. The molecule has 7 nitrogen and oxygen atoms in total. The van der Waals surface area contributed by atoms with E-state index < -0.39 is 27.7 Å². The number of carbonyl (C=O) groups is 2. The zero-order valence-corrected chi connectivity index (χ0v) is 16.3. The van der Waals surface area contributed by atoms with Gasteiger partial charge in [0.25, 0.3) is 10.1 Å². The molecule has 144 valence electrons. The summed E-state index contributed by atoms with van der Waals surface area (Å²) in [6.07, 6.45) is 0.0214. The fraction of sp³-hybridized carbons (Fsp3) is 0.556. The van der Waals surface area contributed by atoms with Gasteiger partial charge < -0.3 is 4.74 Å². The summed E-state index contributed by atoms with van der Waals surface area (Å²) in [6, 6.07) is 6.34. The largest absolute Gasteiger partial charge is 0.443 e. The predicted octanol–water partition coefficient (Wildman–Crippen LogP) is 2.87. The molecule has 8 heteroatoms. The van der Waals surface area contributed by atoms with Crippen molar-refractivity contribution in [3.05, 3.63) is 29.8 Å². The van der Waals surface area contributed by atoms with Crippen LogP contribution in [0, 0.1) is 12.8 Å². The Balaban J connectivity index is 1.88. The molecule has 0 aliphatic carbocycles. The third-order valence-corrected chi connectivity index (χ3v) is 5.27. The molecule has 2 rings (SSSR count). The predicted molar refractivity (Wildman–Crippen MR) is 95.0 cm³/mol. The SMILES string of the molecule is Cc1ccc(S(=O)(=O)OCC[C@H]2CCN(C(=O)OC(C)(C)C)C2=O)cc1. The first kappa shape index (κ1) is 20.4. The van der Waals surface area contributed by atoms with Gasteiger partial charge in [0.2, 0.25) is 5.91 Å². The van der Waals surface area contributed by atoms with E-state index in [2.05, 4.69) is 0 Å². The number of carbonyl (C=O) groups excluding carboxylic acids is 2. The fourth-order valence-corrected chi connectivity index (χ4v) is 3.50. The van der Waals surface area contributed by atoms with E-state index in [1.165, 1.54) is 12.1 Å². The van der Waals surface area contributed by atoms with E-state index in [1.807, 2.05) is 6.92 Å². The van der Waals surface area contributed by atoms with Crippen molar-refractivity contribution in [2.24, 2.45) is 5.92 Å². The maximum Gasteiger partial charge on any atom is 0.417 e. The molecule has 0 unspecified atom stereocenters. The lowest BCUT2D eigenvalue weighted by molar-refractivity contribution is -0.130. The number of nitrogens with zero attached hydrogens (tertiary/aromatic N) is 1. The van der Waals surface area contributed by atoms with Crippen LogP contribution in [0.25, 0.3) is 0 Å². The Morgan fingerprint density at radius 1 is 1.23 bits per heavy atom. The number of amides is 2. The summed E-state index contributed by atoms with van der Waals surface area (Å²) in [5.41, 5.74) is 0.267. The number of rotatable bonds is 5. The van der Waals surface area contributed by atoms with Gasteiger partial charge in [0.05, 0.1) is 11.5 Å². The molecule has 1 aromatic rings. The molecular weight excluding hydrogens is 358 g/mol. The molecule has 1 heterocycles. The first-order chi connectivity index (χ1) is 12.0. The topological polar surface area (TPSA) is 90.0 Å². The average Bonchev–Trinajstić information content (AvgIpc) is 2.87. The summed E-state index contributed by atoms with van der Waals surface area (Å²) < 4.78 is 34.5. The molecule has 26 heavy (non-hydrogen) atoms. The van der Waals surface area contributed by atoms with Gasteiger partial charge in [-0.1, -0.05) is 17.7 Å². The van der Waals surface area contributed by atoms with Crippen LogP contribution in [0.5, 0.6) is 0 Å². The van der Waals surface area contributed by atoms with Gasteiger partial charge in [-0.15, -0.1) is 0 Å². The third kappa shape index (κ3) is 5.28. The Morgan fingerprint density at radius 3 is 2.42 bits per heavy atom. The van der Waals surface area contributed by atoms with Crippen molar-refractivity contribution in [1.29, 1.82) is 0 Å². The Kier molecular flexibility index (Phi) is 6.08. The minimum Gasteiger partial charge on any atom is -0.443 e. The standard InChI is InChI=1S/C18H25NO6S/c1-13-5-7-15(8-6-13)26(22,23)24-12-10-14-9-11-19(16(14)20)17(21)25-18(2,3)4/h5-8,14H,9-12H2,1-4H3/t14-/m1/s1. The van der Waals surface area contributed by atoms with Crippen LogP contribution in [-0.4, -0.2) is 44.1 Å². The van der Waals surface area contributed by atoms with Crippen molar-refractivity contribution in [3.8, 4) is 0 Å². The van der Waals surface area contributed by atoms with E-state index in [-0.39, 0.29) is 30.4 Å². The molecule has 0 spiro atoms. The van der Waals surface area contributed by atoms with E-state index in [0.717, 1.165) is 10.5 Å². The maximum absolute atomic E-state index is 12.3. The van der Waals surface area contributed by atoms with E-state index in [1.54, 1.807) is 32.9 Å². The van der Waals surface area contributed by atoms with Crippen LogP contribution in [0.15, 0.2) is 29.2 Å². The van der Waals surface area contributed by atoms with Gasteiger partial charge in [-0.2, -0.15) is 8.42 Å². The van der Waals surface area contributed by atoms with E-state index in [4.69, 9.17) is 8.92 Å². The van der Waals surface area contributed by atoms with Crippen LogP contribution in [0.2, 0.25) is 0 Å². The van der Waals surface area contributed by atoms with Gasteiger partial charge in [0.1, 0.15) is 5.60 Å². The lowest BCUT2D eigenvalue weighted by Crippen LogP contribution is -2.38. The minimum absolute atomic E-state index is 0.0798. The summed E-state index contributed by atoms with van der Waals surface area (Å²) in [7, 11) is -3.86. The summed E-state index contributed by atoms with van der Waals surface area (Å²) in [4.78, 5) is 25.5. The second kappa shape index (κ2) is 7.75. The van der Waals surface area contributed by atoms with Gasteiger partial charge >= 0.3 is 6.09 Å². The molecule has 1 atom stereocenters. The number of hydrogen-bond acceptors (Lipinski definition) is 6. The summed E-state index contributed by atoms with van der Waals surface area (Å²) in [5.74, 6) is -0.800. The molecule has 0 aromatic heterocycles. The molecule has 0 N–H and O–H groups in total. The van der Waals surface area contributed by atoms with Gasteiger partial charge in [0, 0.05) is 12.5 Å². The van der Waals surface area contributed by atoms with Gasteiger partial charge in [-0.3, -0.25) is 8.98 Å². The highest BCUT2D eigenvalue weighted by molar-refractivity contribution is 7.86. The molecule has 1 fully saturated rings. The van der Waals surface area contributed by atoms with E-state index >= 15 is 0 Å². The highest BCUT2D eigenvalue weighted by Gasteiger charge is 2.37. The molecule has 0 radical (unpaired) electrons. The van der Waals surface area contributed by atoms with Crippen molar-refractivity contribution in [2.45, 2.75) is 51.0 Å². The van der Waals surface area contributed by atoms with Gasteiger partial charge in [-0.05, 0) is 52.7 Å². The second-order valence-electron chi connectivity index (χ2n) is 7.33. The quantitative estimate of drug-likeness (QED) is 0.726. The van der Waals surface area contributed by atoms with E-state index in [0.29, 0.717) is 6.42 Å². The minimum atomic E-state index is -3.86. The average molecular weight is 383 g/mol. The maximum atomic E-state index is 12.3. The van der Waals surface area contributed by atoms with Crippen molar-refractivity contribution in [1.82, 2.24) is 4.90 Å². The first-order valence-electron chi connectivity index (χ1n) is 8.50. The van der Waals surface area contributed by atoms with Crippen LogP contribution >= 0.6 is 0 Å². The van der Waals surface area contributed by atoms with Crippen LogP contribution in [0.3, 0.4) is 0 Å². The number of hydrogen-bond donors (Lipinski definition) is 0. The number of ether oxygens (including phenoxy) is 1. The van der Waals surface area contributed by atoms with Crippen molar-refractivity contribution in [3.63, 3.8) is 0 Å². The zero-order chi connectivity index (χ0) is 19.5. The van der Waals surface area contributed by atoms with Crippen molar-refractivity contribution < 1.29 is 26.9 Å². The smallest absolute Gasteiger partial charge is 0.417 e. The third-order valence-electron chi connectivity index (χ3n) is 3.94. The molecule has 1 aromatic carbocycles. The van der Waals surface area contributed by atoms with Crippen LogP contribution in [-0.2, 0) is 23.8 Å². The van der Waals surface area contributed by atoms with E-state index in [9.17, 15) is 18.0 Å². The summed E-state index contributed by atoms with van der Waals surface area (Å²) >= 11 is 0. The van der Waals surface area contributed by atoms with Crippen LogP contribution in [0.1, 0.15) is 39.2 Å². The second-order valence-corrected chi connectivity index (χ2v) is 8.95. The Labute approximate surface area is 154 Å². The number of likely N-dealkylation sites (tertiary alicyclic amines) is 1. The van der Waals surface area contributed by atoms with Crippen LogP contribution < -0.4 is 0 Å². The van der Waals surface area contributed by atoms with Gasteiger partial charge in [0.15, 0.2) is 0 Å². The lowest BCUT2D eigenvalue weighted by Gasteiger charge is -2.23. The highest BCUT2D eigenvalue weighted by atomic mass is 32.2. The molecule has 2 amide bonds. The van der Waals surface area contributed by atoms with Gasteiger partial charge in [-0.25, -0.2) is 9.69 Å². The Morgan fingerprint density at radius 2 is 1.85 bits per heavy atom. The fourth-order valence-electron chi connectivity index (χ4n) is 2.58. The number of aryl methyl sites for hydroxylation is 1. The summed E-state index contributed by atoms with van der Waals surface area (Å²) in [6.45, 7) is 7.20. The lowest BCUT2D eigenvalue weighted by atomic mass is 10.1. The normalized spacial score (nSPS) is 18.2. The van der Waals surface area contributed by atoms with Crippen molar-refractivity contribution >= 4 is 22.1 Å². The molecule has 0 bridgehead atoms. The number of benzene rings is 1. The van der Waals surface area contributed by atoms with Crippen molar-refractivity contribution in [2.75, 3.05) is 13.2 Å². The van der Waals surface area contributed by atoms with Crippen LogP contribution in [0.4, 0.5) is 4.79 Å². The zero-order valence-electron chi connectivity index (χ0n) is 15.5.